The topological polar surface area (TPSA) is 200 Å². The summed E-state index contributed by atoms with van der Waals surface area (Å²) in [5.41, 5.74) is 6.39. The number of carboxylic acids is 1. The van der Waals surface area contributed by atoms with Crippen LogP contribution in [0.15, 0.2) is 12.5 Å². The minimum absolute atomic E-state index is 0.00987. The van der Waals surface area contributed by atoms with Crippen molar-refractivity contribution >= 4 is 23.7 Å². The first-order chi connectivity index (χ1) is 14.1. The summed E-state index contributed by atoms with van der Waals surface area (Å²) in [5, 5.41) is 25.8. The van der Waals surface area contributed by atoms with Gasteiger partial charge in [-0.1, -0.05) is 20.3 Å². The summed E-state index contributed by atoms with van der Waals surface area (Å²) in [4.78, 5) is 54.7. The number of aromatic amines is 1. The first kappa shape index (κ1) is 25.0. The van der Waals surface area contributed by atoms with Gasteiger partial charge >= 0.3 is 5.97 Å². The van der Waals surface area contributed by atoms with Crippen LogP contribution in [0, 0.1) is 5.92 Å². The number of amides is 3. The molecule has 12 heteroatoms. The Labute approximate surface area is 174 Å². The second-order valence-electron chi connectivity index (χ2n) is 7.09. The third kappa shape index (κ3) is 7.79. The van der Waals surface area contributed by atoms with Crippen molar-refractivity contribution in [2.75, 3.05) is 6.54 Å². The number of carbonyl (C=O) groups is 4. The molecule has 30 heavy (non-hydrogen) atoms. The summed E-state index contributed by atoms with van der Waals surface area (Å²) in [6.07, 6.45) is 2.20. The monoisotopic (exact) mass is 426 g/mol. The van der Waals surface area contributed by atoms with E-state index in [1.807, 2.05) is 6.92 Å². The zero-order valence-corrected chi connectivity index (χ0v) is 17.2. The van der Waals surface area contributed by atoms with E-state index < -0.39 is 54.5 Å². The van der Waals surface area contributed by atoms with Gasteiger partial charge in [0, 0.05) is 18.3 Å². The van der Waals surface area contributed by atoms with Gasteiger partial charge in [-0.25, -0.2) is 4.98 Å². The molecule has 5 atom stereocenters. The van der Waals surface area contributed by atoms with E-state index in [-0.39, 0.29) is 12.3 Å². The minimum Gasteiger partial charge on any atom is -0.480 e. The van der Waals surface area contributed by atoms with E-state index in [1.165, 1.54) is 19.4 Å². The highest BCUT2D eigenvalue weighted by Crippen LogP contribution is 2.07. The van der Waals surface area contributed by atoms with Gasteiger partial charge in [0.1, 0.15) is 18.6 Å². The van der Waals surface area contributed by atoms with Crippen LogP contribution < -0.4 is 21.7 Å². The fraction of sp³-hybridized carbons (Fsp3) is 0.611. The Hall–Kier alpha value is -2.99. The zero-order valence-electron chi connectivity index (χ0n) is 17.2. The highest BCUT2D eigenvalue weighted by Gasteiger charge is 2.32. The molecule has 1 aromatic rings. The number of imidazole rings is 1. The van der Waals surface area contributed by atoms with Gasteiger partial charge in [0.05, 0.1) is 18.5 Å². The van der Waals surface area contributed by atoms with Crippen molar-refractivity contribution in [2.24, 2.45) is 11.7 Å². The van der Waals surface area contributed by atoms with Crippen molar-refractivity contribution in [3.8, 4) is 0 Å². The summed E-state index contributed by atoms with van der Waals surface area (Å²) in [5.74, 6) is -3.55. The van der Waals surface area contributed by atoms with Crippen LogP contribution in [0.4, 0.5) is 0 Å². The molecular weight excluding hydrogens is 396 g/mol. The number of hydrogen-bond donors (Lipinski definition) is 7. The number of aliphatic hydroxyl groups excluding tert-OH is 1. The summed E-state index contributed by atoms with van der Waals surface area (Å²) in [6, 6.07) is -3.40. The fourth-order valence-corrected chi connectivity index (χ4v) is 2.54. The van der Waals surface area contributed by atoms with E-state index in [9.17, 15) is 24.3 Å². The number of rotatable bonds is 12. The van der Waals surface area contributed by atoms with Crippen molar-refractivity contribution in [2.45, 2.75) is 57.8 Å². The second kappa shape index (κ2) is 11.9. The molecule has 0 spiro atoms. The second-order valence-corrected chi connectivity index (χ2v) is 7.09. The molecular formula is C18H30N6O6. The van der Waals surface area contributed by atoms with Gasteiger partial charge < -0.3 is 36.9 Å². The molecule has 1 rings (SSSR count). The van der Waals surface area contributed by atoms with E-state index >= 15 is 0 Å². The number of H-pyrrole nitrogens is 1. The zero-order chi connectivity index (χ0) is 22.8. The largest absolute Gasteiger partial charge is 0.480 e. The molecule has 1 aromatic heterocycles. The quantitative estimate of drug-likeness (QED) is 0.196. The van der Waals surface area contributed by atoms with Gasteiger partial charge in [-0.05, 0) is 12.8 Å². The Balaban J connectivity index is 2.91. The maximum atomic E-state index is 12.7. The number of carboxylic acid groups (broad SMARTS) is 1. The third-order valence-corrected chi connectivity index (χ3v) is 4.65. The highest BCUT2D eigenvalue weighted by atomic mass is 16.4. The van der Waals surface area contributed by atoms with Crippen LogP contribution >= 0.6 is 0 Å². The molecule has 0 saturated carbocycles. The van der Waals surface area contributed by atoms with Crippen LogP contribution in [0.3, 0.4) is 0 Å². The lowest BCUT2D eigenvalue weighted by Gasteiger charge is -2.26. The summed E-state index contributed by atoms with van der Waals surface area (Å²) in [7, 11) is 0. The summed E-state index contributed by atoms with van der Waals surface area (Å²) < 4.78 is 0. The van der Waals surface area contributed by atoms with Gasteiger partial charge in [-0.2, -0.15) is 0 Å². The third-order valence-electron chi connectivity index (χ3n) is 4.65. The first-order valence-corrected chi connectivity index (χ1v) is 9.57. The van der Waals surface area contributed by atoms with E-state index in [2.05, 4.69) is 25.9 Å². The number of aromatic nitrogens is 2. The van der Waals surface area contributed by atoms with Crippen molar-refractivity contribution < 1.29 is 29.4 Å². The molecule has 0 aliphatic carbocycles. The Morgan fingerprint density at radius 2 is 1.83 bits per heavy atom. The maximum absolute atomic E-state index is 12.7. The van der Waals surface area contributed by atoms with Crippen LogP contribution in [0.1, 0.15) is 32.9 Å². The normalized spacial score (nSPS) is 15.9. The molecule has 168 valence electrons. The molecule has 0 fully saturated rings. The lowest BCUT2D eigenvalue weighted by Crippen LogP contribution is -2.60. The van der Waals surface area contributed by atoms with Crippen molar-refractivity contribution in [3.63, 3.8) is 0 Å². The molecule has 3 amide bonds. The highest BCUT2D eigenvalue weighted by molar-refractivity contribution is 5.94. The Morgan fingerprint density at radius 1 is 1.17 bits per heavy atom. The number of aliphatic hydroxyl groups is 1. The minimum atomic E-state index is -1.36. The lowest BCUT2D eigenvalue weighted by molar-refractivity contribution is -0.138. The van der Waals surface area contributed by atoms with Crippen molar-refractivity contribution in [1.29, 1.82) is 0 Å². The summed E-state index contributed by atoms with van der Waals surface area (Å²) in [6.45, 7) is 4.34. The molecule has 0 aliphatic rings. The Kier molecular flexibility index (Phi) is 9.92. The standard InChI is InChI=1S/C18H30N6O6/c1-4-9(2)14(19)17(29)24-15(10(3)25)18(30)23-12(5-11-6-20-8-22-11)16(28)21-7-13(26)27/h6,8-10,12,14-15,25H,4-5,7,19H2,1-3H3,(H,20,22)(H,21,28)(H,23,30)(H,24,29)(H,26,27). The maximum Gasteiger partial charge on any atom is 0.322 e. The molecule has 12 nitrogen and oxygen atoms in total. The molecule has 0 bridgehead atoms. The molecule has 1 heterocycles. The smallest absolute Gasteiger partial charge is 0.322 e. The average Bonchev–Trinajstić information content (AvgIpc) is 3.20. The van der Waals surface area contributed by atoms with E-state index in [4.69, 9.17) is 10.8 Å². The lowest BCUT2D eigenvalue weighted by atomic mass is 9.98. The predicted octanol–water partition coefficient (Wildman–Crippen LogP) is -2.12. The first-order valence-electron chi connectivity index (χ1n) is 9.57. The van der Waals surface area contributed by atoms with Crippen LogP contribution in [-0.4, -0.2) is 74.6 Å². The molecule has 8 N–H and O–H groups in total. The number of nitrogens with one attached hydrogen (secondary N) is 4. The molecule has 0 aromatic carbocycles. The van der Waals surface area contributed by atoms with Gasteiger partial charge in [0.15, 0.2) is 0 Å². The van der Waals surface area contributed by atoms with E-state index in [0.717, 1.165) is 0 Å². The predicted molar refractivity (Wildman–Crippen MR) is 106 cm³/mol. The Bertz CT molecular complexity index is 723. The van der Waals surface area contributed by atoms with Gasteiger partial charge in [-0.3, -0.25) is 19.2 Å². The van der Waals surface area contributed by atoms with E-state index in [0.29, 0.717) is 12.1 Å². The van der Waals surface area contributed by atoms with Crippen LogP contribution in [0.25, 0.3) is 0 Å². The van der Waals surface area contributed by atoms with E-state index in [1.54, 1.807) is 6.92 Å². The molecule has 5 unspecified atom stereocenters. The van der Waals surface area contributed by atoms with Crippen LogP contribution in [-0.2, 0) is 25.6 Å². The number of aliphatic carboxylic acids is 1. The number of nitrogens with two attached hydrogens (primary N) is 1. The van der Waals surface area contributed by atoms with Crippen molar-refractivity contribution in [1.82, 2.24) is 25.9 Å². The van der Waals surface area contributed by atoms with Gasteiger partial charge in [0.25, 0.3) is 0 Å². The number of nitrogens with zero attached hydrogens (tertiary/aromatic N) is 1. The number of carbonyl (C=O) groups excluding carboxylic acids is 3. The average molecular weight is 426 g/mol. The van der Waals surface area contributed by atoms with Gasteiger partial charge in [0.2, 0.25) is 17.7 Å². The SMILES string of the molecule is CCC(C)C(N)C(=O)NC(C(=O)NC(Cc1cnc[nH]1)C(=O)NCC(=O)O)C(C)O. The molecule has 0 aliphatic heterocycles. The summed E-state index contributed by atoms with van der Waals surface area (Å²) >= 11 is 0. The Morgan fingerprint density at radius 3 is 2.33 bits per heavy atom. The fourth-order valence-electron chi connectivity index (χ4n) is 2.54. The number of hydrogen-bond acceptors (Lipinski definition) is 7. The van der Waals surface area contributed by atoms with Crippen molar-refractivity contribution in [3.05, 3.63) is 18.2 Å². The molecule has 0 radical (unpaired) electrons. The van der Waals surface area contributed by atoms with Crippen LogP contribution in [0.5, 0.6) is 0 Å². The van der Waals surface area contributed by atoms with Crippen LogP contribution in [0.2, 0.25) is 0 Å². The molecule has 0 saturated heterocycles. The van der Waals surface area contributed by atoms with Gasteiger partial charge in [-0.15, -0.1) is 0 Å².